The zero-order valence-electron chi connectivity index (χ0n) is 14.0. The summed E-state index contributed by atoms with van der Waals surface area (Å²) in [5.74, 6) is 0.834. The Morgan fingerprint density at radius 3 is 2.67 bits per heavy atom. The van der Waals surface area contributed by atoms with Crippen LogP contribution in [0.1, 0.15) is 12.8 Å². The summed E-state index contributed by atoms with van der Waals surface area (Å²) >= 11 is 0. The van der Waals surface area contributed by atoms with E-state index in [9.17, 15) is 9.59 Å². The van der Waals surface area contributed by atoms with Crippen molar-refractivity contribution < 1.29 is 19.1 Å². The zero-order valence-corrected chi connectivity index (χ0v) is 14.0. The molecule has 1 aromatic carbocycles. The van der Waals surface area contributed by atoms with Crippen LogP contribution in [0.15, 0.2) is 18.2 Å². The molecule has 0 spiro atoms. The first-order chi connectivity index (χ1) is 11.5. The quantitative estimate of drug-likeness (QED) is 0.873. The topological polar surface area (TPSA) is 85.1 Å². The molecule has 2 heterocycles. The van der Waals surface area contributed by atoms with Crippen LogP contribution in [0.25, 0.3) is 0 Å². The maximum atomic E-state index is 12.6. The van der Waals surface area contributed by atoms with E-state index in [1.807, 2.05) is 0 Å². The van der Waals surface area contributed by atoms with Crippen molar-refractivity contribution in [3.05, 3.63) is 18.2 Å². The Hall–Kier alpha value is -2.28. The van der Waals surface area contributed by atoms with Crippen molar-refractivity contribution in [2.45, 2.75) is 18.9 Å². The maximum Gasteiger partial charge on any atom is 0.228 e. The fourth-order valence-corrected chi connectivity index (χ4v) is 3.36. The highest BCUT2D eigenvalue weighted by molar-refractivity contribution is 6.01. The molecule has 2 amide bonds. The summed E-state index contributed by atoms with van der Waals surface area (Å²) in [6, 6.07) is 5.34. The van der Waals surface area contributed by atoms with Gasteiger partial charge >= 0.3 is 0 Å². The number of amides is 2. The number of hydrogen-bond donors (Lipinski definition) is 1. The average Bonchev–Trinajstić information content (AvgIpc) is 3.19. The van der Waals surface area contributed by atoms with Crippen molar-refractivity contribution in [2.24, 2.45) is 11.7 Å². The fourth-order valence-electron chi connectivity index (χ4n) is 3.36. The van der Waals surface area contributed by atoms with Crippen LogP contribution in [0, 0.1) is 5.92 Å². The van der Waals surface area contributed by atoms with Crippen LogP contribution in [0.4, 0.5) is 5.69 Å². The molecule has 24 heavy (non-hydrogen) atoms. The number of nitrogens with zero attached hydrogens (tertiary/aromatic N) is 2. The van der Waals surface area contributed by atoms with Gasteiger partial charge in [-0.05, 0) is 18.6 Å². The Kier molecular flexibility index (Phi) is 4.62. The van der Waals surface area contributed by atoms with Gasteiger partial charge < -0.3 is 25.0 Å². The largest absolute Gasteiger partial charge is 0.497 e. The lowest BCUT2D eigenvalue weighted by Crippen LogP contribution is -2.37. The Labute approximate surface area is 141 Å². The molecule has 1 unspecified atom stereocenters. The minimum atomic E-state index is -0.324. The summed E-state index contributed by atoms with van der Waals surface area (Å²) in [6.45, 7) is 1.62. The van der Waals surface area contributed by atoms with E-state index in [1.165, 1.54) is 0 Å². The first kappa shape index (κ1) is 16.6. The van der Waals surface area contributed by atoms with Crippen molar-refractivity contribution in [3.8, 4) is 11.5 Å². The summed E-state index contributed by atoms with van der Waals surface area (Å²) in [6.07, 6.45) is 1.04. The summed E-state index contributed by atoms with van der Waals surface area (Å²) in [5, 5.41) is 0. The molecule has 0 aromatic heterocycles. The predicted molar refractivity (Wildman–Crippen MR) is 89.2 cm³/mol. The molecule has 7 nitrogen and oxygen atoms in total. The van der Waals surface area contributed by atoms with Gasteiger partial charge in [-0.1, -0.05) is 0 Å². The van der Waals surface area contributed by atoms with Crippen molar-refractivity contribution in [2.75, 3.05) is 38.8 Å². The van der Waals surface area contributed by atoms with Gasteiger partial charge in [0.25, 0.3) is 0 Å². The lowest BCUT2D eigenvalue weighted by atomic mass is 10.1. The first-order valence-electron chi connectivity index (χ1n) is 8.10. The van der Waals surface area contributed by atoms with Gasteiger partial charge in [0.1, 0.15) is 11.5 Å². The van der Waals surface area contributed by atoms with E-state index < -0.39 is 0 Å². The number of likely N-dealkylation sites (tertiary alicyclic amines) is 1. The van der Waals surface area contributed by atoms with Crippen molar-refractivity contribution >= 4 is 17.5 Å². The van der Waals surface area contributed by atoms with Crippen molar-refractivity contribution in [3.63, 3.8) is 0 Å². The highest BCUT2D eigenvalue weighted by atomic mass is 16.5. The number of anilines is 1. The number of nitrogens with two attached hydrogens (primary N) is 1. The van der Waals surface area contributed by atoms with E-state index in [2.05, 4.69) is 0 Å². The van der Waals surface area contributed by atoms with Gasteiger partial charge in [-0.2, -0.15) is 0 Å². The van der Waals surface area contributed by atoms with Crippen LogP contribution >= 0.6 is 0 Å². The highest BCUT2D eigenvalue weighted by Gasteiger charge is 2.39. The molecule has 0 aliphatic carbocycles. The van der Waals surface area contributed by atoms with Crippen LogP contribution < -0.4 is 20.1 Å². The number of rotatable bonds is 4. The number of hydrogen-bond acceptors (Lipinski definition) is 5. The van der Waals surface area contributed by atoms with E-state index >= 15 is 0 Å². The predicted octanol–water partition coefficient (Wildman–Crippen LogP) is 0.616. The molecule has 2 saturated heterocycles. The van der Waals surface area contributed by atoms with Crippen LogP contribution in [-0.4, -0.2) is 56.6 Å². The van der Waals surface area contributed by atoms with Gasteiger partial charge in [-0.25, -0.2) is 0 Å². The second kappa shape index (κ2) is 6.68. The van der Waals surface area contributed by atoms with E-state index in [0.717, 1.165) is 6.42 Å². The second-order valence-corrected chi connectivity index (χ2v) is 6.28. The Balaban J connectivity index is 1.76. The molecule has 2 aliphatic rings. The number of carbonyl (C=O) groups is 2. The zero-order chi connectivity index (χ0) is 17.3. The van der Waals surface area contributed by atoms with E-state index in [4.69, 9.17) is 15.2 Å². The Morgan fingerprint density at radius 1 is 1.25 bits per heavy atom. The fraction of sp³-hybridized carbons (Fsp3) is 0.529. The normalized spacial score (nSPS) is 23.7. The third-order valence-corrected chi connectivity index (χ3v) is 4.69. The average molecular weight is 333 g/mol. The van der Waals surface area contributed by atoms with Crippen LogP contribution in [-0.2, 0) is 9.59 Å². The molecule has 7 heteroatoms. The molecule has 2 N–H and O–H groups in total. The standard InChI is InChI=1S/C17H23N3O4/c1-23-13-3-4-14(15(8-13)24-2)20-9-11(7-16(20)21)17(22)19-6-5-12(18)10-19/h3-4,8,11-12H,5-7,9-10,18H2,1-2H3/t11?,12-/m1/s1. The minimum absolute atomic E-state index is 0.0197. The molecule has 0 radical (unpaired) electrons. The molecule has 3 rings (SSSR count). The number of ether oxygens (including phenoxy) is 2. The van der Waals surface area contributed by atoms with Gasteiger partial charge in [0, 0.05) is 38.2 Å². The summed E-state index contributed by atoms with van der Waals surface area (Å²) in [7, 11) is 3.12. The van der Waals surface area contributed by atoms with Gasteiger partial charge in [-0.15, -0.1) is 0 Å². The lowest BCUT2D eigenvalue weighted by Gasteiger charge is -2.22. The summed E-state index contributed by atoms with van der Waals surface area (Å²) in [4.78, 5) is 28.4. The first-order valence-corrected chi connectivity index (χ1v) is 8.10. The van der Waals surface area contributed by atoms with Crippen LogP contribution in [0.3, 0.4) is 0 Å². The smallest absolute Gasteiger partial charge is 0.228 e. The number of benzene rings is 1. The second-order valence-electron chi connectivity index (χ2n) is 6.28. The van der Waals surface area contributed by atoms with Crippen molar-refractivity contribution in [1.29, 1.82) is 0 Å². The third-order valence-electron chi connectivity index (χ3n) is 4.69. The van der Waals surface area contributed by atoms with E-state index in [1.54, 1.807) is 42.2 Å². The van der Waals surface area contributed by atoms with E-state index in [-0.39, 0.29) is 30.2 Å². The SMILES string of the molecule is COc1ccc(N2CC(C(=O)N3CC[C@@H](N)C3)CC2=O)c(OC)c1. The minimum Gasteiger partial charge on any atom is -0.497 e. The van der Waals surface area contributed by atoms with Gasteiger partial charge in [0.15, 0.2) is 0 Å². The molecule has 0 saturated carbocycles. The van der Waals surface area contributed by atoms with Gasteiger partial charge in [-0.3, -0.25) is 9.59 Å². The Bertz CT molecular complexity index is 649. The molecule has 0 bridgehead atoms. The number of methoxy groups -OCH3 is 2. The molecular weight excluding hydrogens is 310 g/mol. The molecular formula is C17H23N3O4. The monoisotopic (exact) mass is 333 g/mol. The van der Waals surface area contributed by atoms with Crippen LogP contribution in [0.2, 0.25) is 0 Å². The molecule has 1 aromatic rings. The molecule has 130 valence electrons. The van der Waals surface area contributed by atoms with E-state index in [0.29, 0.717) is 36.8 Å². The molecule has 2 fully saturated rings. The highest BCUT2D eigenvalue weighted by Crippen LogP contribution is 2.36. The molecule has 2 atom stereocenters. The van der Waals surface area contributed by atoms with Crippen LogP contribution in [0.5, 0.6) is 11.5 Å². The van der Waals surface area contributed by atoms with Gasteiger partial charge in [0.05, 0.1) is 25.8 Å². The maximum absolute atomic E-state index is 12.6. The van der Waals surface area contributed by atoms with Crippen molar-refractivity contribution in [1.82, 2.24) is 4.90 Å². The third kappa shape index (κ3) is 3.03. The number of carbonyl (C=O) groups excluding carboxylic acids is 2. The van der Waals surface area contributed by atoms with Gasteiger partial charge in [0.2, 0.25) is 11.8 Å². The molecule has 2 aliphatic heterocycles. The Morgan fingerprint density at radius 2 is 2.04 bits per heavy atom. The summed E-state index contributed by atoms with van der Waals surface area (Å²) in [5.41, 5.74) is 6.54. The lowest BCUT2D eigenvalue weighted by molar-refractivity contribution is -0.134. The summed E-state index contributed by atoms with van der Waals surface area (Å²) < 4.78 is 10.6.